The van der Waals surface area contributed by atoms with Gasteiger partial charge < -0.3 is 15.0 Å². The van der Waals surface area contributed by atoms with Crippen LogP contribution in [0.25, 0.3) is 0 Å². The maximum atomic E-state index is 12.1. The first-order chi connectivity index (χ1) is 9.54. The lowest BCUT2D eigenvalue weighted by Gasteiger charge is -2.29. The van der Waals surface area contributed by atoms with E-state index in [1.54, 1.807) is 12.1 Å². The van der Waals surface area contributed by atoms with Crippen LogP contribution in [-0.2, 0) is 0 Å². The number of alkyl halides is 2. The fourth-order valence-electron chi connectivity index (χ4n) is 2.33. The van der Waals surface area contributed by atoms with E-state index in [-0.39, 0.29) is 10.8 Å². The number of halogens is 3. The molecule has 3 nitrogen and oxygen atoms in total. The molecular weight excluding hydrogens is 286 g/mol. The highest BCUT2D eigenvalue weighted by Gasteiger charge is 2.16. The number of nitrogens with one attached hydrogen (secondary N) is 1. The van der Waals surface area contributed by atoms with Crippen molar-refractivity contribution in [2.75, 3.05) is 32.0 Å². The van der Waals surface area contributed by atoms with E-state index in [1.807, 2.05) is 0 Å². The molecule has 1 N–H and O–H groups in total. The summed E-state index contributed by atoms with van der Waals surface area (Å²) in [5, 5.41) is 3.50. The molecular formula is C14H19ClF2N2O. The third kappa shape index (κ3) is 4.49. The van der Waals surface area contributed by atoms with Gasteiger partial charge in [0.25, 0.3) is 0 Å². The minimum atomic E-state index is -2.86. The fraction of sp³-hybridized carbons (Fsp3) is 0.571. The molecule has 1 saturated heterocycles. The first-order valence-electron chi connectivity index (χ1n) is 6.71. The zero-order valence-electron chi connectivity index (χ0n) is 11.4. The molecule has 0 saturated carbocycles. The lowest BCUT2D eigenvalue weighted by atomic mass is 9.97. The molecule has 0 spiro atoms. The van der Waals surface area contributed by atoms with Gasteiger partial charge in [0.05, 0.1) is 5.02 Å². The highest BCUT2D eigenvalue weighted by atomic mass is 35.5. The van der Waals surface area contributed by atoms with E-state index < -0.39 is 6.61 Å². The lowest BCUT2D eigenvalue weighted by Crippen LogP contribution is -2.32. The van der Waals surface area contributed by atoms with Gasteiger partial charge in [-0.05, 0) is 57.1 Å². The molecule has 1 heterocycles. The number of piperidine rings is 1. The summed E-state index contributed by atoms with van der Waals surface area (Å²) in [6.07, 6.45) is 2.34. The van der Waals surface area contributed by atoms with Gasteiger partial charge in [-0.3, -0.25) is 0 Å². The van der Waals surface area contributed by atoms with E-state index >= 15 is 0 Å². The van der Waals surface area contributed by atoms with Crippen LogP contribution in [0.5, 0.6) is 5.75 Å². The monoisotopic (exact) mass is 304 g/mol. The Morgan fingerprint density at radius 1 is 1.40 bits per heavy atom. The predicted molar refractivity (Wildman–Crippen MR) is 76.8 cm³/mol. The van der Waals surface area contributed by atoms with Crippen molar-refractivity contribution in [1.29, 1.82) is 0 Å². The number of hydrogen-bond donors (Lipinski definition) is 1. The second-order valence-electron chi connectivity index (χ2n) is 5.15. The Bertz CT molecular complexity index is 437. The van der Waals surface area contributed by atoms with Crippen LogP contribution < -0.4 is 10.1 Å². The summed E-state index contributed by atoms with van der Waals surface area (Å²) >= 11 is 5.91. The van der Waals surface area contributed by atoms with E-state index in [1.165, 1.54) is 18.9 Å². The molecule has 0 aromatic heterocycles. The third-order valence-corrected chi connectivity index (χ3v) is 3.88. The molecule has 20 heavy (non-hydrogen) atoms. The summed E-state index contributed by atoms with van der Waals surface area (Å²) in [6.45, 7) is 0.257. The summed E-state index contributed by atoms with van der Waals surface area (Å²) in [5.74, 6) is 0.647. The zero-order chi connectivity index (χ0) is 14.5. The summed E-state index contributed by atoms with van der Waals surface area (Å²) in [6, 6.07) is 4.79. The molecule has 2 rings (SSSR count). The van der Waals surface area contributed by atoms with Crippen molar-refractivity contribution in [3.63, 3.8) is 0 Å². The smallest absolute Gasteiger partial charge is 0.387 e. The minimum absolute atomic E-state index is 0.00603. The standard InChI is InChI=1S/C14H19ClF2N2O/c1-19-6-4-10(5-7-19)9-18-11-2-3-13(12(15)8-11)20-14(16)17/h2-3,8,10,14,18H,4-7,9H2,1H3. The van der Waals surface area contributed by atoms with Crippen molar-refractivity contribution in [3.8, 4) is 5.75 Å². The van der Waals surface area contributed by atoms with Crippen molar-refractivity contribution in [2.24, 2.45) is 5.92 Å². The van der Waals surface area contributed by atoms with Crippen LogP contribution >= 0.6 is 11.6 Å². The SMILES string of the molecule is CN1CCC(CNc2ccc(OC(F)F)c(Cl)c2)CC1. The Kier molecular flexibility index (Phi) is 5.43. The maximum absolute atomic E-state index is 12.1. The van der Waals surface area contributed by atoms with Crippen LogP contribution in [0.1, 0.15) is 12.8 Å². The Hall–Kier alpha value is -1.07. The van der Waals surface area contributed by atoms with E-state index in [0.29, 0.717) is 5.92 Å². The molecule has 0 bridgehead atoms. The van der Waals surface area contributed by atoms with Crippen LogP contribution in [0, 0.1) is 5.92 Å². The highest BCUT2D eigenvalue weighted by molar-refractivity contribution is 6.32. The Balaban J connectivity index is 1.85. The van der Waals surface area contributed by atoms with E-state index in [2.05, 4.69) is 22.0 Å². The average Bonchev–Trinajstić information content (AvgIpc) is 2.40. The zero-order valence-corrected chi connectivity index (χ0v) is 12.2. The molecule has 1 aromatic rings. The number of benzene rings is 1. The van der Waals surface area contributed by atoms with Gasteiger partial charge in [-0.25, -0.2) is 0 Å². The van der Waals surface area contributed by atoms with Crippen molar-refractivity contribution in [3.05, 3.63) is 23.2 Å². The maximum Gasteiger partial charge on any atom is 0.387 e. The molecule has 0 unspecified atom stereocenters. The normalized spacial score (nSPS) is 17.4. The van der Waals surface area contributed by atoms with Gasteiger partial charge in [0, 0.05) is 12.2 Å². The number of rotatable bonds is 5. The molecule has 1 fully saturated rings. The second-order valence-corrected chi connectivity index (χ2v) is 5.56. The van der Waals surface area contributed by atoms with Crippen LogP contribution in [0.4, 0.5) is 14.5 Å². The Labute approximate surface area is 122 Å². The van der Waals surface area contributed by atoms with Crippen LogP contribution in [0.2, 0.25) is 5.02 Å². The number of ether oxygens (including phenoxy) is 1. The number of hydrogen-bond acceptors (Lipinski definition) is 3. The van der Waals surface area contributed by atoms with Crippen molar-refractivity contribution < 1.29 is 13.5 Å². The van der Waals surface area contributed by atoms with E-state index in [9.17, 15) is 8.78 Å². The summed E-state index contributed by atoms with van der Waals surface area (Å²) in [7, 11) is 2.13. The molecule has 1 aromatic carbocycles. The van der Waals surface area contributed by atoms with Crippen molar-refractivity contribution in [1.82, 2.24) is 4.90 Å². The first kappa shape index (κ1) is 15.3. The predicted octanol–water partition coefficient (Wildman–Crippen LogP) is 3.70. The van der Waals surface area contributed by atoms with Gasteiger partial charge in [-0.2, -0.15) is 8.78 Å². The van der Waals surface area contributed by atoms with Crippen LogP contribution in [0.3, 0.4) is 0 Å². The second kappa shape index (κ2) is 7.09. The van der Waals surface area contributed by atoms with Crippen LogP contribution in [-0.4, -0.2) is 38.2 Å². The van der Waals surface area contributed by atoms with Gasteiger partial charge in [0.2, 0.25) is 0 Å². The van der Waals surface area contributed by atoms with Gasteiger partial charge >= 0.3 is 6.61 Å². The van der Waals surface area contributed by atoms with Crippen molar-refractivity contribution in [2.45, 2.75) is 19.5 Å². The Morgan fingerprint density at radius 2 is 2.10 bits per heavy atom. The molecule has 1 aliphatic rings. The molecule has 0 amide bonds. The summed E-state index contributed by atoms with van der Waals surface area (Å²) in [5.41, 5.74) is 0.829. The van der Waals surface area contributed by atoms with E-state index in [0.717, 1.165) is 25.3 Å². The van der Waals surface area contributed by atoms with E-state index in [4.69, 9.17) is 11.6 Å². The van der Waals surface area contributed by atoms with Gasteiger partial charge in [0.1, 0.15) is 5.75 Å². The largest absolute Gasteiger partial charge is 0.433 e. The topological polar surface area (TPSA) is 24.5 Å². The summed E-state index contributed by atoms with van der Waals surface area (Å²) in [4.78, 5) is 2.32. The lowest BCUT2D eigenvalue weighted by molar-refractivity contribution is -0.0497. The molecule has 112 valence electrons. The summed E-state index contributed by atoms with van der Waals surface area (Å²) < 4.78 is 28.6. The number of likely N-dealkylation sites (tertiary alicyclic amines) is 1. The van der Waals surface area contributed by atoms with Crippen molar-refractivity contribution >= 4 is 17.3 Å². The quantitative estimate of drug-likeness (QED) is 0.898. The molecule has 0 aliphatic carbocycles. The van der Waals surface area contributed by atoms with Gasteiger partial charge in [0.15, 0.2) is 0 Å². The van der Waals surface area contributed by atoms with Crippen LogP contribution in [0.15, 0.2) is 18.2 Å². The highest BCUT2D eigenvalue weighted by Crippen LogP contribution is 2.29. The number of anilines is 1. The number of nitrogens with zero attached hydrogens (tertiary/aromatic N) is 1. The molecule has 0 radical (unpaired) electrons. The third-order valence-electron chi connectivity index (χ3n) is 3.58. The van der Waals surface area contributed by atoms with Gasteiger partial charge in [-0.1, -0.05) is 11.6 Å². The first-order valence-corrected chi connectivity index (χ1v) is 7.09. The average molecular weight is 305 g/mol. The molecule has 6 heteroatoms. The molecule has 0 atom stereocenters. The fourth-order valence-corrected chi connectivity index (χ4v) is 2.56. The Morgan fingerprint density at radius 3 is 2.70 bits per heavy atom. The van der Waals surface area contributed by atoms with Gasteiger partial charge in [-0.15, -0.1) is 0 Å². The molecule has 1 aliphatic heterocycles. The minimum Gasteiger partial charge on any atom is -0.433 e.